The van der Waals surface area contributed by atoms with Gasteiger partial charge >= 0.3 is 0 Å². The van der Waals surface area contributed by atoms with Crippen molar-refractivity contribution in [1.82, 2.24) is 0 Å². The second-order valence-electron chi connectivity index (χ2n) is 6.11. The van der Waals surface area contributed by atoms with Crippen LogP contribution in [0.2, 0.25) is 0 Å². The molecular weight excluding hydrogens is 228 g/mol. The molecule has 0 aromatic carbocycles. The van der Waals surface area contributed by atoms with Gasteiger partial charge in [-0.05, 0) is 6.42 Å². The summed E-state index contributed by atoms with van der Waals surface area (Å²) in [6, 6.07) is 0. The van der Waals surface area contributed by atoms with Crippen molar-refractivity contribution in [3.63, 3.8) is 0 Å². The largest absolute Gasteiger partial charge is 0.0654 e. The predicted octanol–water partition coefficient (Wildman–Crippen LogP) is 7.47. The molecule has 0 aromatic heterocycles. The minimum atomic E-state index is 1.35. The van der Waals surface area contributed by atoms with Crippen LogP contribution in [0, 0.1) is 6.42 Å². The van der Waals surface area contributed by atoms with E-state index >= 15 is 0 Å². The van der Waals surface area contributed by atoms with E-state index in [0.717, 1.165) is 0 Å². The Morgan fingerprint density at radius 3 is 1.21 bits per heavy atom. The van der Waals surface area contributed by atoms with Crippen LogP contribution in [0.15, 0.2) is 0 Å². The summed E-state index contributed by atoms with van der Waals surface area (Å²) in [6.45, 7) is 4.57. The van der Waals surface area contributed by atoms with E-state index in [9.17, 15) is 0 Å². The Morgan fingerprint density at radius 1 is 0.421 bits per heavy atom. The number of unbranched alkanes of at least 4 members (excludes halogenated alkanes) is 16. The normalized spacial score (nSPS) is 11.1. The average molecular weight is 268 g/mol. The third-order valence-electron chi connectivity index (χ3n) is 4.02. The number of hydrogen-bond acceptors (Lipinski definition) is 0. The Kier molecular flexibility index (Phi) is 18.0. The molecule has 0 heterocycles. The lowest BCUT2D eigenvalue weighted by Gasteiger charge is -2.03. The standard InChI is InChI=1S/C19H39/c1-3-5-7-9-11-13-15-17-19-18-16-14-12-10-8-6-4-2/h11H,3-10,12-19H2,1-2H3. The van der Waals surface area contributed by atoms with Gasteiger partial charge in [0.2, 0.25) is 0 Å². The summed E-state index contributed by atoms with van der Waals surface area (Å²) in [5, 5.41) is 0. The molecule has 0 bridgehead atoms. The van der Waals surface area contributed by atoms with Gasteiger partial charge < -0.3 is 0 Å². The quantitative estimate of drug-likeness (QED) is 0.254. The van der Waals surface area contributed by atoms with E-state index < -0.39 is 0 Å². The van der Waals surface area contributed by atoms with E-state index in [1.165, 1.54) is 103 Å². The molecule has 0 nitrogen and oxygen atoms in total. The van der Waals surface area contributed by atoms with Crippen LogP contribution >= 0.6 is 0 Å². The van der Waals surface area contributed by atoms with Gasteiger partial charge in [0.15, 0.2) is 0 Å². The summed E-state index contributed by atoms with van der Waals surface area (Å²) in [5.74, 6) is 0. The van der Waals surface area contributed by atoms with E-state index in [1.54, 1.807) is 0 Å². The first-order valence-corrected chi connectivity index (χ1v) is 9.23. The summed E-state index contributed by atoms with van der Waals surface area (Å²) >= 11 is 0. The van der Waals surface area contributed by atoms with Crippen LogP contribution in [0.1, 0.15) is 117 Å². The lowest BCUT2D eigenvalue weighted by Crippen LogP contribution is -1.83. The maximum absolute atomic E-state index is 2.52. The van der Waals surface area contributed by atoms with Crippen molar-refractivity contribution >= 4 is 0 Å². The second-order valence-corrected chi connectivity index (χ2v) is 6.11. The maximum atomic E-state index is 2.52. The van der Waals surface area contributed by atoms with Crippen LogP contribution in [-0.4, -0.2) is 0 Å². The fourth-order valence-corrected chi connectivity index (χ4v) is 2.64. The number of hydrogen-bond donors (Lipinski definition) is 0. The Labute approximate surface area is 123 Å². The topological polar surface area (TPSA) is 0 Å². The van der Waals surface area contributed by atoms with Crippen molar-refractivity contribution < 1.29 is 0 Å². The molecule has 115 valence electrons. The highest BCUT2D eigenvalue weighted by Gasteiger charge is 1.94. The maximum Gasteiger partial charge on any atom is -0.0386 e. The molecule has 0 saturated carbocycles. The van der Waals surface area contributed by atoms with Crippen LogP contribution < -0.4 is 0 Å². The van der Waals surface area contributed by atoms with Crippen molar-refractivity contribution in [3.8, 4) is 0 Å². The van der Waals surface area contributed by atoms with Crippen LogP contribution in [0.25, 0.3) is 0 Å². The predicted molar refractivity (Wildman–Crippen MR) is 89.5 cm³/mol. The molecule has 0 fully saturated rings. The third kappa shape index (κ3) is 18.0. The van der Waals surface area contributed by atoms with Gasteiger partial charge in [-0.15, -0.1) is 0 Å². The Hall–Kier alpha value is 0. The molecule has 0 saturated heterocycles. The monoisotopic (exact) mass is 267 g/mol. The first-order chi connectivity index (χ1) is 9.41. The minimum Gasteiger partial charge on any atom is -0.0654 e. The van der Waals surface area contributed by atoms with Crippen LogP contribution in [0.5, 0.6) is 0 Å². The molecule has 1 radical (unpaired) electrons. The molecule has 0 rings (SSSR count). The fraction of sp³-hybridized carbons (Fsp3) is 0.947. The summed E-state index contributed by atoms with van der Waals surface area (Å²) < 4.78 is 0. The highest BCUT2D eigenvalue weighted by atomic mass is 14.0. The van der Waals surface area contributed by atoms with Gasteiger partial charge in [-0.1, -0.05) is 117 Å². The summed E-state index contributed by atoms with van der Waals surface area (Å²) in [7, 11) is 0. The molecule has 0 N–H and O–H groups in total. The molecule has 0 atom stereocenters. The van der Waals surface area contributed by atoms with E-state index in [0.29, 0.717) is 0 Å². The zero-order chi connectivity index (χ0) is 14.0. The summed E-state index contributed by atoms with van der Waals surface area (Å²) in [5.41, 5.74) is 0. The SMILES string of the molecule is CCCCC[CH]CCCCCCCCCCCCC. The average Bonchev–Trinajstić information content (AvgIpc) is 2.43. The van der Waals surface area contributed by atoms with Crippen molar-refractivity contribution in [2.75, 3.05) is 0 Å². The smallest absolute Gasteiger partial charge is 0.0386 e. The van der Waals surface area contributed by atoms with E-state index in [2.05, 4.69) is 20.3 Å². The molecular formula is C19H39. The van der Waals surface area contributed by atoms with Gasteiger partial charge in [0.25, 0.3) is 0 Å². The molecule has 0 aliphatic carbocycles. The van der Waals surface area contributed by atoms with E-state index in [1.807, 2.05) is 0 Å². The van der Waals surface area contributed by atoms with Gasteiger partial charge in [0, 0.05) is 0 Å². The second kappa shape index (κ2) is 18.0. The molecule has 0 spiro atoms. The summed E-state index contributed by atoms with van der Waals surface area (Å²) in [6.07, 6.45) is 25.4. The summed E-state index contributed by atoms with van der Waals surface area (Å²) in [4.78, 5) is 0. The van der Waals surface area contributed by atoms with Gasteiger partial charge in [0.1, 0.15) is 0 Å². The van der Waals surface area contributed by atoms with Crippen LogP contribution in [-0.2, 0) is 0 Å². The van der Waals surface area contributed by atoms with E-state index in [-0.39, 0.29) is 0 Å². The van der Waals surface area contributed by atoms with Crippen molar-refractivity contribution in [3.05, 3.63) is 6.42 Å². The molecule has 19 heavy (non-hydrogen) atoms. The van der Waals surface area contributed by atoms with Crippen molar-refractivity contribution in [2.45, 2.75) is 117 Å². The van der Waals surface area contributed by atoms with Crippen molar-refractivity contribution in [2.24, 2.45) is 0 Å². The van der Waals surface area contributed by atoms with Gasteiger partial charge in [-0.2, -0.15) is 0 Å². The van der Waals surface area contributed by atoms with Gasteiger partial charge in [-0.3, -0.25) is 0 Å². The highest BCUT2D eigenvalue weighted by Crippen LogP contribution is 2.13. The van der Waals surface area contributed by atoms with E-state index in [4.69, 9.17) is 0 Å². The highest BCUT2D eigenvalue weighted by molar-refractivity contribution is 4.64. The lowest BCUT2D eigenvalue weighted by atomic mass is 10.0. The van der Waals surface area contributed by atoms with Crippen LogP contribution in [0.3, 0.4) is 0 Å². The Balaban J connectivity index is 2.88. The number of rotatable bonds is 16. The minimum absolute atomic E-state index is 1.35. The zero-order valence-corrected chi connectivity index (χ0v) is 13.9. The first kappa shape index (κ1) is 19.0. The zero-order valence-electron chi connectivity index (χ0n) is 13.9. The van der Waals surface area contributed by atoms with Gasteiger partial charge in [0.05, 0.1) is 0 Å². The Bertz CT molecular complexity index is 123. The third-order valence-corrected chi connectivity index (χ3v) is 4.02. The molecule has 0 aromatic rings. The molecule has 0 aliphatic rings. The molecule has 0 heteroatoms. The van der Waals surface area contributed by atoms with Crippen LogP contribution in [0.4, 0.5) is 0 Å². The molecule has 0 amide bonds. The van der Waals surface area contributed by atoms with Crippen molar-refractivity contribution in [1.29, 1.82) is 0 Å². The Morgan fingerprint density at radius 2 is 0.737 bits per heavy atom. The lowest BCUT2D eigenvalue weighted by molar-refractivity contribution is 0.547. The fourth-order valence-electron chi connectivity index (χ4n) is 2.64. The molecule has 0 unspecified atom stereocenters. The molecule has 0 aliphatic heterocycles. The van der Waals surface area contributed by atoms with Gasteiger partial charge in [-0.25, -0.2) is 0 Å². The first-order valence-electron chi connectivity index (χ1n) is 9.23.